The van der Waals surface area contributed by atoms with Gasteiger partial charge < -0.3 is 4.90 Å². The second-order valence-electron chi connectivity index (χ2n) is 9.52. The number of fused-ring (bicyclic) bond motifs is 1. The summed E-state index contributed by atoms with van der Waals surface area (Å²) in [6, 6.07) is 27.8. The molecule has 8 heteroatoms. The molecule has 0 bridgehead atoms. The second-order valence-corrected chi connectivity index (χ2v) is 12.4. The van der Waals surface area contributed by atoms with Crippen molar-refractivity contribution in [1.29, 1.82) is 0 Å². The van der Waals surface area contributed by atoms with Crippen LogP contribution in [-0.2, 0) is 13.0 Å². The number of rotatable bonds is 10. The molecule has 0 fully saturated rings. The molecule has 4 aromatic rings. The van der Waals surface area contributed by atoms with E-state index >= 15 is 0 Å². The molecular weight excluding hydrogens is 541 g/mol. The Morgan fingerprint density at radius 3 is 2.54 bits per heavy atom. The van der Waals surface area contributed by atoms with Crippen LogP contribution in [0.5, 0.6) is 0 Å². The number of anilines is 2. The summed E-state index contributed by atoms with van der Waals surface area (Å²) in [5.74, 6) is -0.141. The van der Waals surface area contributed by atoms with E-state index in [0.29, 0.717) is 5.69 Å². The summed E-state index contributed by atoms with van der Waals surface area (Å²) in [6.45, 7) is 5.63. The smallest absolute Gasteiger partial charge is 0.280 e. The quantitative estimate of drug-likeness (QED) is 0.196. The van der Waals surface area contributed by atoms with Crippen molar-refractivity contribution in [3.05, 3.63) is 118 Å². The van der Waals surface area contributed by atoms with Crippen LogP contribution in [0.25, 0.3) is 0 Å². The van der Waals surface area contributed by atoms with Gasteiger partial charge in [-0.25, -0.2) is 4.98 Å². The molecule has 2 heterocycles. The van der Waals surface area contributed by atoms with Gasteiger partial charge in [0.1, 0.15) is 5.69 Å². The van der Waals surface area contributed by atoms with Crippen LogP contribution >= 0.6 is 35.2 Å². The summed E-state index contributed by atoms with van der Waals surface area (Å²) in [5.41, 5.74) is 6.95. The Hall–Kier alpha value is -3.20. The van der Waals surface area contributed by atoms with E-state index in [-0.39, 0.29) is 5.91 Å². The summed E-state index contributed by atoms with van der Waals surface area (Å²) < 4.78 is 5.12. The van der Waals surface area contributed by atoms with E-state index in [0.717, 1.165) is 35.9 Å². The maximum Gasteiger partial charge on any atom is 0.280 e. The van der Waals surface area contributed by atoms with Crippen LogP contribution in [0.4, 0.5) is 10.8 Å². The van der Waals surface area contributed by atoms with Crippen molar-refractivity contribution in [1.82, 2.24) is 9.71 Å². The van der Waals surface area contributed by atoms with E-state index in [1.165, 1.54) is 44.8 Å². The fraction of sp³-hybridized carbons (Fsp3) is 0.226. The van der Waals surface area contributed by atoms with E-state index < -0.39 is 0 Å². The lowest BCUT2D eigenvalue weighted by Gasteiger charge is -2.29. The number of para-hydroxylation sites is 1. The highest BCUT2D eigenvalue weighted by atomic mass is 32.2. The number of hydrogen-bond acceptors (Lipinski definition) is 7. The van der Waals surface area contributed by atoms with E-state index in [4.69, 9.17) is 4.98 Å². The molecule has 200 valence electrons. The summed E-state index contributed by atoms with van der Waals surface area (Å²) in [4.78, 5) is 21.8. The normalized spacial score (nSPS) is 12.6. The Labute approximate surface area is 243 Å². The molecule has 1 aliphatic heterocycles. The van der Waals surface area contributed by atoms with Gasteiger partial charge in [-0.2, -0.15) is 0 Å². The van der Waals surface area contributed by atoms with Crippen LogP contribution in [0.15, 0.2) is 95.5 Å². The molecule has 1 N–H and O–H groups in total. The van der Waals surface area contributed by atoms with E-state index in [1.54, 1.807) is 23.3 Å². The van der Waals surface area contributed by atoms with Crippen molar-refractivity contribution >= 4 is 52.0 Å². The maximum atomic E-state index is 12.6. The third-order valence-electron chi connectivity index (χ3n) is 6.56. The first-order valence-electron chi connectivity index (χ1n) is 12.9. The number of amides is 1. The first-order chi connectivity index (χ1) is 19.0. The number of hydrogen-bond donors (Lipinski definition) is 1. The van der Waals surface area contributed by atoms with Gasteiger partial charge >= 0.3 is 0 Å². The Bertz CT molecular complexity index is 1450. The average molecular weight is 573 g/mol. The first-order valence-corrected chi connectivity index (χ1v) is 15.7. The molecule has 1 aromatic heterocycles. The van der Waals surface area contributed by atoms with Crippen molar-refractivity contribution < 1.29 is 4.79 Å². The molecule has 0 saturated heterocycles. The minimum atomic E-state index is -0.141. The molecule has 0 spiro atoms. The number of aryl methyl sites for hydroxylation is 2. The van der Waals surface area contributed by atoms with Crippen LogP contribution < -0.4 is 13.9 Å². The lowest BCUT2D eigenvalue weighted by molar-refractivity contribution is 0.0980. The fourth-order valence-electron chi connectivity index (χ4n) is 4.54. The number of aromatic nitrogens is 1. The van der Waals surface area contributed by atoms with Gasteiger partial charge in [0.15, 0.2) is 5.13 Å². The summed E-state index contributed by atoms with van der Waals surface area (Å²) in [6.07, 6.45) is 5.98. The number of carbonyl (C=O) groups excluding carboxylic acids is 1. The van der Waals surface area contributed by atoms with Crippen LogP contribution in [0.2, 0.25) is 0 Å². The van der Waals surface area contributed by atoms with Crippen LogP contribution in [0, 0.1) is 13.8 Å². The number of carbonyl (C=O) groups is 1. The molecule has 0 atom stereocenters. The van der Waals surface area contributed by atoms with Gasteiger partial charge in [-0.05, 0) is 73.5 Å². The topological polar surface area (TPSA) is 48.5 Å². The minimum absolute atomic E-state index is 0.141. The summed E-state index contributed by atoms with van der Waals surface area (Å²) in [5, 5.41) is 0.880. The Kier molecular flexibility index (Phi) is 8.96. The zero-order valence-electron chi connectivity index (χ0n) is 22.4. The third-order valence-corrected chi connectivity index (χ3v) is 8.96. The third kappa shape index (κ3) is 6.87. The molecular formula is C31H32N4OS3. The van der Waals surface area contributed by atoms with Crippen LogP contribution in [-0.4, -0.2) is 23.7 Å². The van der Waals surface area contributed by atoms with Gasteiger partial charge in [0.2, 0.25) is 0 Å². The first kappa shape index (κ1) is 27.4. The van der Waals surface area contributed by atoms with Gasteiger partial charge in [-0.1, -0.05) is 78.2 Å². The van der Waals surface area contributed by atoms with Gasteiger partial charge in [0.25, 0.3) is 5.91 Å². The molecule has 0 aliphatic carbocycles. The fourth-order valence-corrected chi connectivity index (χ4v) is 6.71. The molecule has 3 aromatic carbocycles. The van der Waals surface area contributed by atoms with E-state index in [9.17, 15) is 4.79 Å². The van der Waals surface area contributed by atoms with Gasteiger partial charge in [-0.3, -0.25) is 13.8 Å². The van der Waals surface area contributed by atoms with Crippen molar-refractivity contribution in [3.63, 3.8) is 0 Å². The largest absolute Gasteiger partial charge is 0.343 e. The molecule has 5 nitrogen and oxygen atoms in total. The predicted molar refractivity (Wildman–Crippen MR) is 168 cm³/mol. The number of nitrogens with zero attached hydrogens (tertiary/aromatic N) is 3. The molecule has 0 saturated carbocycles. The average Bonchev–Trinajstić information content (AvgIpc) is 3.34. The molecule has 1 amide bonds. The molecule has 0 unspecified atom stereocenters. The number of benzene rings is 3. The lowest BCUT2D eigenvalue weighted by Crippen LogP contribution is -2.26. The zero-order chi connectivity index (χ0) is 27.2. The standard InChI is InChI=1S/C31H32N4OS3/c1-22-13-15-27(16-14-22)39-35-21-25(19-26-11-7-8-12-28(26)35)17-18-34(20-24-9-5-4-6-10-24)31-32-29(23(2)38-31)30(36)33-37-3/h4-16,21H,17-20H2,1-3H3,(H,33,36). The van der Waals surface area contributed by atoms with Crippen LogP contribution in [0.1, 0.15) is 38.5 Å². The minimum Gasteiger partial charge on any atom is -0.343 e. The van der Waals surface area contributed by atoms with Crippen molar-refractivity contribution in [3.8, 4) is 0 Å². The van der Waals surface area contributed by atoms with E-state index in [1.807, 2.05) is 19.2 Å². The van der Waals surface area contributed by atoms with Gasteiger partial charge in [0.05, 0.1) is 5.69 Å². The van der Waals surface area contributed by atoms with Gasteiger partial charge in [0, 0.05) is 35.3 Å². The SMILES string of the molecule is CSNC(=O)c1nc(N(CCC2=CN(Sc3ccc(C)cc3)c3ccccc3C2)Cc2ccccc2)sc1C. The van der Waals surface area contributed by atoms with Crippen LogP contribution in [0.3, 0.4) is 0 Å². The number of nitrogens with one attached hydrogen (secondary N) is 1. The highest BCUT2D eigenvalue weighted by molar-refractivity contribution is 8.00. The Morgan fingerprint density at radius 2 is 1.77 bits per heavy atom. The Morgan fingerprint density at radius 1 is 1.03 bits per heavy atom. The van der Waals surface area contributed by atoms with E-state index in [2.05, 4.69) is 99.8 Å². The lowest BCUT2D eigenvalue weighted by atomic mass is 9.98. The highest BCUT2D eigenvalue weighted by Crippen LogP contribution is 2.38. The molecule has 0 radical (unpaired) electrons. The van der Waals surface area contributed by atoms with Crippen molar-refractivity contribution in [2.75, 3.05) is 22.0 Å². The maximum absolute atomic E-state index is 12.6. The van der Waals surface area contributed by atoms with Crippen molar-refractivity contribution in [2.24, 2.45) is 0 Å². The zero-order valence-corrected chi connectivity index (χ0v) is 24.8. The monoisotopic (exact) mass is 572 g/mol. The van der Waals surface area contributed by atoms with Gasteiger partial charge in [-0.15, -0.1) is 11.3 Å². The predicted octanol–water partition coefficient (Wildman–Crippen LogP) is 7.82. The second kappa shape index (κ2) is 12.8. The number of thiazole rings is 1. The highest BCUT2D eigenvalue weighted by Gasteiger charge is 2.22. The van der Waals surface area contributed by atoms with Crippen molar-refractivity contribution in [2.45, 2.75) is 38.1 Å². The molecule has 1 aliphatic rings. The summed E-state index contributed by atoms with van der Waals surface area (Å²) >= 11 is 4.63. The summed E-state index contributed by atoms with van der Waals surface area (Å²) in [7, 11) is 0. The Balaban J connectivity index is 1.39. The molecule has 5 rings (SSSR count). The molecule has 39 heavy (non-hydrogen) atoms.